The number of hydrogen-bond donors (Lipinski definition) is 1. The average molecular weight is 437 g/mol. The number of benzene rings is 2. The van der Waals surface area contributed by atoms with E-state index in [0.29, 0.717) is 10.6 Å². The molecular weight excluding hydrogens is 425 g/mol. The zero-order chi connectivity index (χ0) is 20.3. The first-order valence-corrected chi connectivity index (χ1v) is 9.10. The van der Waals surface area contributed by atoms with Gasteiger partial charge >= 0.3 is 0 Å². The van der Waals surface area contributed by atoms with Crippen molar-refractivity contribution in [3.63, 3.8) is 0 Å². The van der Waals surface area contributed by atoms with Gasteiger partial charge in [0.25, 0.3) is 5.56 Å². The molecule has 0 aliphatic rings. The quantitative estimate of drug-likeness (QED) is 0.611. The van der Waals surface area contributed by atoms with E-state index in [1.165, 1.54) is 18.3 Å². The summed E-state index contributed by atoms with van der Waals surface area (Å²) >= 11 is 17.5. The Kier molecular flexibility index (Phi) is 6.14. The molecule has 0 unspecified atom stereocenters. The summed E-state index contributed by atoms with van der Waals surface area (Å²) in [6.45, 7) is -0.405. The normalized spacial score (nSPS) is 10.5. The fraction of sp³-hybridized carbons (Fsp3) is 0.0526. The zero-order valence-corrected chi connectivity index (χ0v) is 16.4. The van der Waals surface area contributed by atoms with Gasteiger partial charge < -0.3 is 5.32 Å². The summed E-state index contributed by atoms with van der Waals surface area (Å²) in [5.41, 5.74) is 0.238. The molecule has 2 aromatic carbocycles. The molecule has 9 heteroatoms. The fourth-order valence-corrected chi connectivity index (χ4v) is 2.88. The number of halogens is 3. The van der Waals surface area contributed by atoms with Crippen LogP contribution in [-0.4, -0.2) is 21.5 Å². The number of carbonyl (C=O) groups is 2. The molecule has 0 aliphatic carbocycles. The largest absolute Gasteiger partial charge is 0.324 e. The number of rotatable bonds is 5. The standard InChI is InChI=1S/C19H12Cl3N3O3/c20-12-6-7-15(13(8-12)18(27)11-4-2-1-3-5-11)24-16(26)10-25-19(28)17(22)14(21)9-23-25/h1-9H,10H2,(H,24,26). The predicted octanol–water partition coefficient (Wildman–Crippen LogP) is 4.07. The highest BCUT2D eigenvalue weighted by atomic mass is 35.5. The third-order valence-electron chi connectivity index (χ3n) is 3.77. The summed E-state index contributed by atoms with van der Waals surface area (Å²) in [6, 6.07) is 13.1. The topological polar surface area (TPSA) is 81.1 Å². The van der Waals surface area contributed by atoms with E-state index >= 15 is 0 Å². The molecule has 0 fully saturated rings. The van der Waals surface area contributed by atoms with Gasteiger partial charge in [-0.25, -0.2) is 4.68 Å². The van der Waals surface area contributed by atoms with Gasteiger partial charge in [-0.15, -0.1) is 0 Å². The van der Waals surface area contributed by atoms with Crippen molar-refractivity contribution < 1.29 is 9.59 Å². The van der Waals surface area contributed by atoms with Gasteiger partial charge in [-0.05, 0) is 18.2 Å². The Morgan fingerprint density at radius 1 is 1.04 bits per heavy atom. The SMILES string of the molecule is O=C(Cn1ncc(Cl)c(Cl)c1=O)Nc1ccc(Cl)cc1C(=O)c1ccccc1. The van der Waals surface area contributed by atoms with Crippen LogP contribution in [0.3, 0.4) is 0 Å². The lowest BCUT2D eigenvalue weighted by Crippen LogP contribution is -2.30. The van der Waals surface area contributed by atoms with Crippen LogP contribution in [0, 0.1) is 0 Å². The molecule has 1 aromatic heterocycles. The van der Waals surface area contributed by atoms with Crippen molar-refractivity contribution in [3.05, 3.63) is 91.3 Å². The highest BCUT2D eigenvalue weighted by molar-refractivity contribution is 6.41. The van der Waals surface area contributed by atoms with Gasteiger partial charge in [0.15, 0.2) is 5.78 Å². The average Bonchev–Trinajstić information content (AvgIpc) is 2.70. The summed E-state index contributed by atoms with van der Waals surface area (Å²) < 4.78 is 0.873. The second-order valence-corrected chi connectivity index (χ2v) is 6.92. The van der Waals surface area contributed by atoms with E-state index in [4.69, 9.17) is 34.8 Å². The van der Waals surface area contributed by atoms with Crippen LogP contribution in [0.15, 0.2) is 59.5 Å². The molecule has 0 spiro atoms. The van der Waals surface area contributed by atoms with E-state index in [-0.39, 0.29) is 27.1 Å². The number of aromatic nitrogens is 2. The lowest BCUT2D eigenvalue weighted by molar-refractivity contribution is -0.117. The van der Waals surface area contributed by atoms with E-state index in [1.807, 2.05) is 0 Å². The molecule has 3 aromatic rings. The lowest BCUT2D eigenvalue weighted by Gasteiger charge is -2.12. The molecule has 0 bridgehead atoms. The minimum Gasteiger partial charge on any atom is -0.324 e. The summed E-state index contributed by atoms with van der Waals surface area (Å²) in [5, 5.41) is 6.50. The minimum atomic E-state index is -0.694. The van der Waals surface area contributed by atoms with Gasteiger partial charge in [-0.3, -0.25) is 14.4 Å². The van der Waals surface area contributed by atoms with Crippen molar-refractivity contribution in [2.24, 2.45) is 0 Å². The molecule has 1 heterocycles. The van der Waals surface area contributed by atoms with Crippen LogP contribution >= 0.6 is 34.8 Å². The van der Waals surface area contributed by atoms with Gasteiger partial charge in [0.2, 0.25) is 5.91 Å². The first kappa shape index (κ1) is 20.1. The van der Waals surface area contributed by atoms with Crippen molar-refractivity contribution in [3.8, 4) is 0 Å². The Balaban J connectivity index is 1.87. The monoisotopic (exact) mass is 435 g/mol. The number of ketones is 1. The Labute approximate surface area is 174 Å². The molecule has 0 atom stereocenters. The first-order chi connectivity index (χ1) is 13.4. The minimum absolute atomic E-state index is 0.00299. The van der Waals surface area contributed by atoms with Crippen molar-refractivity contribution in [1.29, 1.82) is 0 Å². The number of hydrogen-bond acceptors (Lipinski definition) is 4. The van der Waals surface area contributed by atoms with E-state index in [9.17, 15) is 14.4 Å². The molecule has 0 radical (unpaired) electrons. The first-order valence-electron chi connectivity index (χ1n) is 7.97. The highest BCUT2D eigenvalue weighted by Gasteiger charge is 2.17. The van der Waals surface area contributed by atoms with Gasteiger partial charge in [0, 0.05) is 16.1 Å². The molecule has 0 saturated carbocycles. The van der Waals surface area contributed by atoms with E-state index in [1.54, 1.807) is 36.4 Å². The van der Waals surface area contributed by atoms with Crippen LogP contribution in [0.2, 0.25) is 15.1 Å². The van der Waals surface area contributed by atoms with Crippen molar-refractivity contribution in [1.82, 2.24) is 9.78 Å². The summed E-state index contributed by atoms with van der Waals surface area (Å²) in [5.74, 6) is -0.874. The number of anilines is 1. The van der Waals surface area contributed by atoms with Gasteiger partial charge in [0.1, 0.15) is 11.6 Å². The van der Waals surface area contributed by atoms with Gasteiger partial charge in [-0.1, -0.05) is 65.1 Å². The molecule has 3 rings (SSSR count). The van der Waals surface area contributed by atoms with Crippen LogP contribution in [0.25, 0.3) is 0 Å². The van der Waals surface area contributed by atoms with E-state index in [2.05, 4.69) is 10.4 Å². The molecule has 0 aliphatic heterocycles. The number of carbonyl (C=O) groups excluding carboxylic acids is 2. The van der Waals surface area contributed by atoms with Crippen LogP contribution in [0.5, 0.6) is 0 Å². The molecule has 0 saturated heterocycles. The molecule has 1 amide bonds. The second-order valence-electron chi connectivity index (χ2n) is 5.70. The van der Waals surface area contributed by atoms with Crippen LogP contribution < -0.4 is 10.9 Å². The van der Waals surface area contributed by atoms with Crippen molar-refractivity contribution in [2.75, 3.05) is 5.32 Å². The van der Waals surface area contributed by atoms with Gasteiger partial charge in [-0.2, -0.15) is 5.10 Å². The summed E-state index contributed by atoms with van der Waals surface area (Å²) in [6.07, 6.45) is 1.17. The Morgan fingerprint density at radius 2 is 1.75 bits per heavy atom. The molecular formula is C19H12Cl3N3O3. The third kappa shape index (κ3) is 4.42. The predicted molar refractivity (Wildman–Crippen MR) is 108 cm³/mol. The lowest BCUT2D eigenvalue weighted by atomic mass is 10.0. The Hall–Kier alpha value is -2.67. The van der Waals surface area contributed by atoms with Crippen LogP contribution in [0.4, 0.5) is 5.69 Å². The zero-order valence-electron chi connectivity index (χ0n) is 14.2. The Bertz CT molecular complexity index is 1110. The molecule has 28 heavy (non-hydrogen) atoms. The molecule has 6 nitrogen and oxygen atoms in total. The van der Waals surface area contributed by atoms with Crippen LogP contribution in [-0.2, 0) is 11.3 Å². The molecule has 142 valence electrons. The second kappa shape index (κ2) is 8.56. The Morgan fingerprint density at radius 3 is 2.46 bits per heavy atom. The highest BCUT2D eigenvalue weighted by Crippen LogP contribution is 2.24. The summed E-state index contributed by atoms with van der Waals surface area (Å²) in [7, 11) is 0. The number of nitrogens with zero attached hydrogens (tertiary/aromatic N) is 2. The van der Waals surface area contributed by atoms with Crippen molar-refractivity contribution >= 4 is 52.2 Å². The van der Waals surface area contributed by atoms with Crippen molar-refractivity contribution in [2.45, 2.75) is 6.54 Å². The van der Waals surface area contributed by atoms with E-state index in [0.717, 1.165) is 4.68 Å². The van der Waals surface area contributed by atoms with E-state index < -0.39 is 18.0 Å². The fourth-order valence-electron chi connectivity index (χ4n) is 2.44. The van der Waals surface area contributed by atoms with Crippen LogP contribution in [0.1, 0.15) is 15.9 Å². The molecule has 1 N–H and O–H groups in total. The third-order valence-corrected chi connectivity index (χ3v) is 4.76. The maximum absolute atomic E-state index is 12.8. The maximum atomic E-state index is 12.8. The van der Waals surface area contributed by atoms with Gasteiger partial charge in [0.05, 0.1) is 16.9 Å². The summed E-state index contributed by atoms with van der Waals surface area (Å²) in [4.78, 5) is 37.2. The number of nitrogens with one attached hydrogen (secondary N) is 1. The maximum Gasteiger partial charge on any atom is 0.287 e. The smallest absolute Gasteiger partial charge is 0.287 e. The number of amides is 1.